The highest BCUT2D eigenvalue weighted by Gasteiger charge is 2.09. The first-order valence-corrected chi connectivity index (χ1v) is 8.10. The molecule has 0 atom stereocenters. The van der Waals surface area contributed by atoms with Crippen molar-refractivity contribution in [2.24, 2.45) is 0 Å². The fourth-order valence-electron chi connectivity index (χ4n) is 1.72. The lowest BCUT2D eigenvalue weighted by Gasteiger charge is -2.07. The predicted molar refractivity (Wildman–Crippen MR) is 88.7 cm³/mol. The van der Waals surface area contributed by atoms with E-state index >= 15 is 0 Å². The SMILES string of the molecule is O=C(COC(=O)CCc1cccs1)Nc1cc(Cl)cc(Cl)c1. The molecule has 0 radical (unpaired) electrons. The smallest absolute Gasteiger partial charge is 0.306 e. The number of halogens is 2. The van der Waals surface area contributed by atoms with Gasteiger partial charge in [-0.05, 0) is 36.1 Å². The largest absolute Gasteiger partial charge is 0.456 e. The van der Waals surface area contributed by atoms with Crippen LogP contribution in [0.1, 0.15) is 11.3 Å². The molecule has 0 aliphatic rings. The maximum absolute atomic E-state index is 11.7. The highest BCUT2D eigenvalue weighted by Crippen LogP contribution is 2.22. The first-order chi connectivity index (χ1) is 10.5. The van der Waals surface area contributed by atoms with Crippen molar-refractivity contribution in [2.75, 3.05) is 11.9 Å². The van der Waals surface area contributed by atoms with Crippen molar-refractivity contribution >= 4 is 52.1 Å². The van der Waals surface area contributed by atoms with E-state index in [-0.39, 0.29) is 13.0 Å². The van der Waals surface area contributed by atoms with Gasteiger partial charge in [-0.15, -0.1) is 11.3 Å². The molecule has 0 saturated heterocycles. The number of hydrogen-bond acceptors (Lipinski definition) is 4. The Labute approximate surface area is 142 Å². The van der Waals surface area contributed by atoms with Crippen LogP contribution in [-0.2, 0) is 20.7 Å². The van der Waals surface area contributed by atoms with E-state index < -0.39 is 11.9 Å². The van der Waals surface area contributed by atoms with Gasteiger partial charge in [-0.25, -0.2) is 0 Å². The van der Waals surface area contributed by atoms with Crippen molar-refractivity contribution in [3.63, 3.8) is 0 Å². The minimum Gasteiger partial charge on any atom is -0.456 e. The van der Waals surface area contributed by atoms with Crippen molar-refractivity contribution in [1.82, 2.24) is 0 Å². The predicted octanol–water partition coefficient (Wildman–Crippen LogP) is 4.17. The maximum atomic E-state index is 11.7. The number of rotatable bonds is 6. The van der Waals surface area contributed by atoms with E-state index in [1.54, 1.807) is 29.5 Å². The average molecular weight is 358 g/mol. The summed E-state index contributed by atoms with van der Waals surface area (Å²) in [5.74, 6) is -0.851. The summed E-state index contributed by atoms with van der Waals surface area (Å²) < 4.78 is 4.92. The van der Waals surface area contributed by atoms with Gasteiger partial charge in [-0.3, -0.25) is 9.59 Å². The second-order valence-corrected chi connectivity index (χ2v) is 6.35. The van der Waals surface area contributed by atoms with Crippen molar-refractivity contribution in [2.45, 2.75) is 12.8 Å². The Kier molecular flexibility index (Phi) is 6.24. The van der Waals surface area contributed by atoms with Gasteiger partial charge in [-0.2, -0.15) is 0 Å². The van der Waals surface area contributed by atoms with Crippen molar-refractivity contribution in [1.29, 1.82) is 0 Å². The van der Waals surface area contributed by atoms with Crippen LogP contribution in [0.15, 0.2) is 35.7 Å². The quantitative estimate of drug-likeness (QED) is 0.789. The maximum Gasteiger partial charge on any atom is 0.306 e. The number of carbonyl (C=O) groups is 2. The summed E-state index contributed by atoms with van der Waals surface area (Å²) in [6, 6.07) is 8.56. The lowest BCUT2D eigenvalue weighted by Crippen LogP contribution is -2.21. The topological polar surface area (TPSA) is 55.4 Å². The molecule has 0 fully saturated rings. The van der Waals surface area contributed by atoms with Crippen LogP contribution in [0, 0.1) is 0 Å². The molecular weight excluding hydrogens is 345 g/mol. The van der Waals surface area contributed by atoms with Gasteiger partial charge in [0.2, 0.25) is 0 Å². The molecule has 0 bridgehead atoms. The van der Waals surface area contributed by atoms with Gasteiger partial charge in [0, 0.05) is 20.6 Å². The standard InChI is InChI=1S/C15H13Cl2NO3S/c16-10-6-11(17)8-12(7-10)18-14(19)9-21-15(20)4-3-13-2-1-5-22-13/h1-2,5-8H,3-4,9H2,(H,18,19). The molecule has 0 spiro atoms. The normalized spacial score (nSPS) is 10.3. The van der Waals surface area contributed by atoms with E-state index in [2.05, 4.69) is 5.32 Å². The number of nitrogens with one attached hydrogen (secondary N) is 1. The number of benzene rings is 1. The monoisotopic (exact) mass is 357 g/mol. The van der Waals surface area contributed by atoms with E-state index in [1.807, 2.05) is 17.5 Å². The molecule has 0 aliphatic heterocycles. The lowest BCUT2D eigenvalue weighted by atomic mass is 10.3. The zero-order valence-corrected chi connectivity index (χ0v) is 13.8. The Morgan fingerprint density at radius 3 is 2.55 bits per heavy atom. The summed E-state index contributed by atoms with van der Waals surface area (Å²) in [6.45, 7) is -0.340. The number of ether oxygens (including phenoxy) is 1. The Hall–Kier alpha value is -1.56. The van der Waals surface area contributed by atoms with Crippen LogP contribution in [0.4, 0.5) is 5.69 Å². The van der Waals surface area contributed by atoms with Crippen LogP contribution in [0.2, 0.25) is 10.0 Å². The van der Waals surface area contributed by atoms with Crippen molar-refractivity contribution < 1.29 is 14.3 Å². The third-order valence-corrected chi connectivity index (χ3v) is 4.04. The molecule has 0 aliphatic carbocycles. The van der Waals surface area contributed by atoms with Gasteiger partial charge in [-0.1, -0.05) is 29.3 Å². The first-order valence-electron chi connectivity index (χ1n) is 6.47. The number of esters is 1. The Morgan fingerprint density at radius 1 is 1.18 bits per heavy atom. The molecule has 0 saturated carbocycles. The zero-order chi connectivity index (χ0) is 15.9. The fourth-order valence-corrected chi connectivity index (χ4v) is 2.96. The number of amides is 1. The molecule has 1 amide bonds. The third-order valence-electron chi connectivity index (χ3n) is 2.67. The molecule has 1 aromatic carbocycles. The second kappa shape index (κ2) is 8.17. The minimum absolute atomic E-state index is 0.247. The van der Waals surface area contributed by atoms with Gasteiger partial charge >= 0.3 is 5.97 Å². The fraction of sp³-hybridized carbons (Fsp3) is 0.200. The van der Waals surface area contributed by atoms with Gasteiger partial charge < -0.3 is 10.1 Å². The van der Waals surface area contributed by atoms with Crippen LogP contribution in [0.5, 0.6) is 0 Å². The van der Waals surface area contributed by atoms with Gasteiger partial charge in [0.1, 0.15) is 0 Å². The Balaban J connectivity index is 1.73. The minimum atomic E-state index is -0.442. The van der Waals surface area contributed by atoms with Crippen LogP contribution in [0.25, 0.3) is 0 Å². The molecule has 22 heavy (non-hydrogen) atoms. The van der Waals surface area contributed by atoms with Crippen LogP contribution >= 0.6 is 34.5 Å². The highest BCUT2D eigenvalue weighted by atomic mass is 35.5. The van der Waals surface area contributed by atoms with Crippen molar-refractivity contribution in [3.05, 3.63) is 50.6 Å². The van der Waals surface area contributed by atoms with Gasteiger partial charge in [0.25, 0.3) is 5.91 Å². The van der Waals surface area contributed by atoms with E-state index in [1.165, 1.54) is 0 Å². The lowest BCUT2D eigenvalue weighted by molar-refractivity contribution is -0.147. The van der Waals surface area contributed by atoms with Gasteiger partial charge in [0.15, 0.2) is 6.61 Å². The molecular formula is C15H13Cl2NO3S. The number of hydrogen-bond donors (Lipinski definition) is 1. The first kappa shape index (κ1) is 16.8. The molecule has 2 rings (SSSR count). The summed E-state index contributed by atoms with van der Waals surface area (Å²) in [5.41, 5.74) is 0.456. The average Bonchev–Trinajstić information content (AvgIpc) is 2.95. The van der Waals surface area contributed by atoms with Crippen LogP contribution in [-0.4, -0.2) is 18.5 Å². The summed E-state index contributed by atoms with van der Waals surface area (Å²) in [5, 5.41) is 5.34. The van der Waals surface area contributed by atoms with E-state index in [0.29, 0.717) is 22.2 Å². The summed E-state index contributed by atoms with van der Waals surface area (Å²) in [7, 11) is 0. The number of aryl methyl sites for hydroxylation is 1. The van der Waals surface area contributed by atoms with Crippen molar-refractivity contribution in [3.8, 4) is 0 Å². The van der Waals surface area contributed by atoms with E-state index in [9.17, 15) is 9.59 Å². The molecule has 116 valence electrons. The summed E-state index contributed by atoms with van der Waals surface area (Å²) in [6.07, 6.45) is 0.860. The van der Waals surface area contributed by atoms with Crippen LogP contribution in [0.3, 0.4) is 0 Å². The van der Waals surface area contributed by atoms with Gasteiger partial charge in [0.05, 0.1) is 6.42 Å². The summed E-state index contributed by atoms with van der Waals surface area (Å²) in [4.78, 5) is 24.4. The zero-order valence-electron chi connectivity index (χ0n) is 11.5. The molecule has 0 unspecified atom stereocenters. The number of thiophene rings is 1. The second-order valence-electron chi connectivity index (χ2n) is 4.45. The number of anilines is 1. The van der Waals surface area contributed by atoms with E-state index in [0.717, 1.165) is 4.88 Å². The summed E-state index contributed by atoms with van der Waals surface area (Å²) >= 11 is 13.2. The molecule has 1 N–H and O–H groups in total. The third kappa shape index (κ3) is 5.67. The van der Waals surface area contributed by atoms with Crippen LogP contribution < -0.4 is 5.32 Å². The molecule has 7 heteroatoms. The molecule has 2 aromatic rings. The Bertz CT molecular complexity index is 639. The number of carbonyl (C=O) groups excluding carboxylic acids is 2. The molecule has 1 heterocycles. The Morgan fingerprint density at radius 2 is 1.91 bits per heavy atom. The molecule has 4 nitrogen and oxygen atoms in total. The molecule has 1 aromatic heterocycles. The highest BCUT2D eigenvalue weighted by molar-refractivity contribution is 7.09. The van der Waals surface area contributed by atoms with E-state index in [4.69, 9.17) is 27.9 Å².